The number of ether oxygens (including phenoxy) is 1. The zero-order valence-corrected chi connectivity index (χ0v) is 18.4. The fraction of sp³-hybridized carbons (Fsp3) is 0.0526. The summed E-state index contributed by atoms with van der Waals surface area (Å²) in [6, 6.07) is 8.38. The summed E-state index contributed by atoms with van der Waals surface area (Å²) in [5, 5.41) is 0.549. The average Bonchev–Trinajstić information content (AvgIpc) is 2.65. The number of primary amides is 1. The Balaban J connectivity index is 2.09. The average molecular weight is 487 g/mol. The normalized spacial score (nSPS) is 11.2. The highest BCUT2D eigenvalue weighted by atomic mass is 35.5. The van der Waals surface area contributed by atoms with E-state index in [-0.39, 0.29) is 37.7 Å². The molecule has 2 aromatic carbocycles. The molecule has 3 rings (SSSR count). The molecule has 0 saturated carbocycles. The van der Waals surface area contributed by atoms with Crippen molar-refractivity contribution < 1.29 is 17.9 Å². The molecule has 0 aliphatic carbocycles. The van der Waals surface area contributed by atoms with Crippen molar-refractivity contribution in [2.45, 2.75) is 11.8 Å². The number of aromatic nitrogens is 1. The number of anilines is 1. The van der Waals surface area contributed by atoms with Gasteiger partial charge in [0.25, 0.3) is 15.9 Å². The molecule has 0 fully saturated rings. The van der Waals surface area contributed by atoms with Gasteiger partial charge in [0.1, 0.15) is 10.6 Å². The zero-order chi connectivity index (χ0) is 22.1. The van der Waals surface area contributed by atoms with E-state index in [2.05, 4.69) is 9.71 Å². The number of halogens is 3. The van der Waals surface area contributed by atoms with Gasteiger partial charge in [-0.05, 0) is 36.8 Å². The fourth-order valence-corrected chi connectivity index (χ4v) is 4.58. The minimum atomic E-state index is -4.16. The van der Waals surface area contributed by atoms with E-state index in [1.807, 2.05) is 0 Å². The minimum absolute atomic E-state index is 0.0325. The zero-order valence-electron chi connectivity index (χ0n) is 15.3. The molecule has 0 spiro atoms. The molecule has 0 atom stereocenters. The van der Waals surface area contributed by atoms with E-state index in [0.29, 0.717) is 10.6 Å². The van der Waals surface area contributed by atoms with Crippen LogP contribution in [0.1, 0.15) is 15.9 Å². The molecule has 30 heavy (non-hydrogen) atoms. The highest BCUT2D eigenvalue weighted by molar-refractivity contribution is 7.92. The SMILES string of the molecule is Cc1cc(S(=O)(=O)Nc2cccc(C(N)=O)c2Oc2cncc(Cl)c2)c(Cl)cc1Cl. The quantitative estimate of drug-likeness (QED) is 0.507. The molecule has 156 valence electrons. The van der Waals surface area contributed by atoms with E-state index in [9.17, 15) is 13.2 Å². The van der Waals surface area contributed by atoms with E-state index in [0.717, 1.165) is 0 Å². The maximum Gasteiger partial charge on any atom is 0.263 e. The minimum Gasteiger partial charge on any atom is -0.453 e. The summed E-state index contributed by atoms with van der Waals surface area (Å²) in [5.74, 6) is -0.752. The molecule has 0 radical (unpaired) electrons. The summed E-state index contributed by atoms with van der Waals surface area (Å²) in [6.07, 6.45) is 2.74. The molecule has 11 heteroatoms. The van der Waals surface area contributed by atoms with Gasteiger partial charge in [0.2, 0.25) is 0 Å². The number of nitrogens with two attached hydrogens (primary N) is 1. The van der Waals surface area contributed by atoms with Crippen LogP contribution in [0.25, 0.3) is 0 Å². The largest absolute Gasteiger partial charge is 0.453 e. The number of benzene rings is 2. The predicted molar refractivity (Wildman–Crippen MR) is 116 cm³/mol. The number of nitrogens with one attached hydrogen (secondary N) is 1. The summed E-state index contributed by atoms with van der Waals surface area (Å²) in [7, 11) is -4.16. The van der Waals surface area contributed by atoms with Crippen LogP contribution in [0.3, 0.4) is 0 Å². The van der Waals surface area contributed by atoms with Gasteiger partial charge in [-0.3, -0.25) is 14.5 Å². The van der Waals surface area contributed by atoms with E-state index in [1.54, 1.807) is 6.92 Å². The number of hydrogen-bond acceptors (Lipinski definition) is 5. The Hall–Kier alpha value is -2.52. The number of amides is 1. The topological polar surface area (TPSA) is 111 Å². The van der Waals surface area contributed by atoms with Crippen molar-refractivity contribution in [2.75, 3.05) is 4.72 Å². The summed E-state index contributed by atoms with van der Waals surface area (Å²) >= 11 is 18.0. The molecular weight excluding hydrogens is 473 g/mol. The van der Waals surface area contributed by atoms with Crippen LogP contribution in [0.5, 0.6) is 11.5 Å². The maximum atomic E-state index is 13.0. The van der Waals surface area contributed by atoms with Gasteiger partial charge in [0, 0.05) is 17.3 Å². The number of rotatable bonds is 6. The van der Waals surface area contributed by atoms with Crippen molar-refractivity contribution in [3.05, 3.63) is 75.0 Å². The molecule has 3 aromatic rings. The second kappa shape index (κ2) is 8.69. The smallest absolute Gasteiger partial charge is 0.263 e. The van der Waals surface area contributed by atoms with Crippen molar-refractivity contribution in [1.29, 1.82) is 0 Å². The highest BCUT2D eigenvalue weighted by Crippen LogP contribution is 2.36. The Morgan fingerprint density at radius 2 is 1.83 bits per heavy atom. The first-order valence-electron chi connectivity index (χ1n) is 8.28. The first-order valence-corrected chi connectivity index (χ1v) is 10.9. The van der Waals surface area contributed by atoms with Gasteiger partial charge in [0.05, 0.1) is 27.5 Å². The Morgan fingerprint density at radius 1 is 1.10 bits per heavy atom. The molecule has 7 nitrogen and oxygen atoms in total. The molecule has 3 N–H and O–H groups in total. The molecule has 0 bridgehead atoms. The molecule has 1 aromatic heterocycles. The van der Waals surface area contributed by atoms with Gasteiger partial charge in [0.15, 0.2) is 5.75 Å². The second-order valence-electron chi connectivity index (χ2n) is 6.12. The van der Waals surface area contributed by atoms with Crippen LogP contribution >= 0.6 is 34.8 Å². The number of aryl methyl sites for hydroxylation is 1. The Bertz CT molecular complexity index is 1250. The van der Waals surface area contributed by atoms with Gasteiger partial charge in [-0.15, -0.1) is 0 Å². The van der Waals surface area contributed by atoms with Crippen molar-refractivity contribution in [3.63, 3.8) is 0 Å². The van der Waals surface area contributed by atoms with Crippen molar-refractivity contribution in [2.24, 2.45) is 5.73 Å². The molecule has 0 saturated heterocycles. The van der Waals surface area contributed by atoms with Gasteiger partial charge in [-0.2, -0.15) is 0 Å². The third-order valence-corrected chi connectivity index (χ3v) is 6.37. The van der Waals surface area contributed by atoms with Crippen molar-refractivity contribution >= 4 is 56.4 Å². The molecular formula is C19H14Cl3N3O4S. The van der Waals surface area contributed by atoms with Gasteiger partial charge in [-0.25, -0.2) is 8.42 Å². The van der Waals surface area contributed by atoms with E-state index < -0.39 is 15.9 Å². The van der Waals surface area contributed by atoms with Crippen LogP contribution in [0, 0.1) is 6.92 Å². The number of carbonyl (C=O) groups excluding carboxylic acids is 1. The molecule has 1 amide bonds. The van der Waals surface area contributed by atoms with Gasteiger partial charge in [-0.1, -0.05) is 40.9 Å². The maximum absolute atomic E-state index is 13.0. The number of carbonyl (C=O) groups is 1. The Labute approximate surface area is 187 Å². The van der Waals surface area contributed by atoms with Gasteiger partial charge >= 0.3 is 0 Å². The number of hydrogen-bond donors (Lipinski definition) is 2. The number of nitrogens with zero attached hydrogens (tertiary/aromatic N) is 1. The van der Waals surface area contributed by atoms with Crippen LogP contribution in [-0.2, 0) is 10.0 Å². The number of pyridine rings is 1. The van der Waals surface area contributed by atoms with E-state index in [4.69, 9.17) is 45.3 Å². The molecule has 1 heterocycles. The lowest BCUT2D eigenvalue weighted by Crippen LogP contribution is -2.17. The lowest BCUT2D eigenvalue weighted by molar-refractivity contribution is 0.0998. The standard InChI is InChI=1S/C19H14Cl3N3O4S/c1-10-5-17(15(22)7-14(10)21)30(27,28)25-16-4-2-3-13(19(23)26)18(16)29-12-6-11(20)8-24-9-12/h2-9,25H,1H3,(H2,23,26). The van der Waals surface area contributed by atoms with Crippen LogP contribution in [0.15, 0.2) is 53.7 Å². The third-order valence-electron chi connectivity index (χ3n) is 3.93. The van der Waals surface area contributed by atoms with Crippen LogP contribution in [0.2, 0.25) is 15.1 Å². The van der Waals surface area contributed by atoms with Crippen LogP contribution < -0.4 is 15.2 Å². The molecule has 0 aliphatic rings. The molecule has 0 aliphatic heterocycles. The van der Waals surface area contributed by atoms with Crippen molar-refractivity contribution in [3.8, 4) is 11.5 Å². The summed E-state index contributed by atoms with van der Waals surface area (Å²) in [4.78, 5) is 15.6. The second-order valence-corrected chi connectivity index (χ2v) is 9.03. The highest BCUT2D eigenvalue weighted by Gasteiger charge is 2.23. The fourth-order valence-electron chi connectivity index (χ4n) is 2.52. The van der Waals surface area contributed by atoms with Gasteiger partial charge < -0.3 is 10.5 Å². The first kappa shape index (κ1) is 22.2. The van der Waals surface area contributed by atoms with Crippen LogP contribution in [-0.4, -0.2) is 19.3 Å². The van der Waals surface area contributed by atoms with Crippen LogP contribution in [0.4, 0.5) is 5.69 Å². The third kappa shape index (κ3) is 4.79. The Morgan fingerprint density at radius 3 is 2.50 bits per heavy atom. The number of sulfonamides is 1. The molecule has 0 unspecified atom stereocenters. The lowest BCUT2D eigenvalue weighted by atomic mass is 10.1. The van der Waals surface area contributed by atoms with Crippen molar-refractivity contribution in [1.82, 2.24) is 4.98 Å². The Kier molecular flexibility index (Phi) is 6.42. The first-order chi connectivity index (χ1) is 14.1. The lowest BCUT2D eigenvalue weighted by Gasteiger charge is -2.16. The summed E-state index contributed by atoms with van der Waals surface area (Å²) < 4.78 is 34.1. The summed E-state index contributed by atoms with van der Waals surface area (Å²) in [6.45, 7) is 1.64. The number of para-hydroxylation sites is 1. The van der Waals surface area contributed by atoms with E-state index >= 15 is 0 Å². The van der Waals surface area contributed by atoms with E-state index in [1.165, 1.54) is 48.8 Å². The predicted octanol–water partition coefficient (Wildman–Crippen LogP) is 5.04. The summed E-state index contributed by atoms with van der Waals surface area (Å²) in [5.41, 5.74) is 5.87. The monoisotopic (exact) mass is 485 g/mol.